The molecule has 1 aliphatic heterocycles. The van der Waals surface area contributed by atoms with E-state index >= 15 is 0 Å². The van der Waals surface area contributed by atoms with Crippen molar-refractivity contribution in [3.63, 3.8) is 0 Å². The van der Waals surface area contributed by atoms with Crippen molar-refractivity contribution in [2.75, 3.05) is 26.7 Å². The maximum absolute atomic E-state index is 11.9. The molecule has 0 aromatic carbocycles. The highest BCUT2D eigenvalue weighted by Crippen LogP contribution is 2.11. The maximum Gasteiger partial charge on any atom is 0.224 e. The number of carbonyl (C=O) groups excluding carboxylic acids is 2. The minimum Gasteiger partial charge on any atom is -0.393 e. The molecule has 108 valence electrons. The Balaban J connectivity index is 2.31. The van der Waals surface area contributed by atoms with Crippen LogP contribution in [0.4, 0.5) is 0 Å². The fraction of sp³-hybridized carbons (Fsp3) is 0.769. The van der Waals surface area contributed by atoms with Crippen LogP contribution in [-0.4, -0.2) is 53.3 Å². The van der Waals surface area contributed by atoms with Gasteiger partial charge in [0.15, 0.2) is 0 Å². The molecular formula is C13H23N3O2S. The molecule has 6 heteroatoms. The van der Waals surface area contributed by atoms with Gasteiger partial charge < -0.3 is 15.5 Å². The lowest BCUT2D eigenvalue weighted by molar-refractivity contribution is -0.133. The van der Waals surface area contributed by atoms with Crippen LogP contribution in [0.2, 0.25) is 0 Å². The molecule has 1 fully saturated rings. The molecule has 0 aliphatic carbocycles. The summed E-state index contributed by atoms with van der Waals surface area (Å²) in [5.41, 5.74) is 5.41. The molecule has 0 unspecified atom stereocenters. The monoisotopic (exact) mass is 285 g/mol. The normalized spacial score (nSPS) is 16.1. The fourth-order valence-corrected chi connectivity index (χ4v) is 2.19. The third kappa shape index (κ3) is 6.00. The third-order valence-electron chi connectivity index (χ3n) is 3.39. The molecule has 1 saturated heterocycles. The van der Waals surface area contributed by atoms with Gasteiger partial charge in [0.2, 0.25) is 11.8 Å². The van der Waals surface area contributed by atoms with Gasteiger partial charge in [0.05, 0.1) is 4.99 Å². The first-order valence-corrected chi connectivity index (χ1v) is 7.21. The van der Waals surface area contributed by atoms with Crippen molar-refractivity contribution in [1.82, 2.24) is 9.80 Å². The van der Waals surface area contributed by atoms with Gasteiger partial charge in [0, 0.05) is 45.9 Å². The second kappa shape index (κ2) is 8.09. The van der Waals surface area contributed by atoms with E-state index in [1.807, 2.05) is 4.90 Å². The quantitative estimate of drug-likeness (QED) is 0.737. The lowest BCUT2D eigenvalue weighted by atomic mass is 10.2. The van der Waals surface area contributed by atoms with Crippen LogP contribution in [0.1, 0.15) is 38.5 Å². The van der Waals surface area contributed by atoms with Crippen molar-refractivity contribution in [3.05, 3.63) is 0 Å². The summed E-state index contributed by atoms with van der Waals surface area (Å²) in [6.45, 7) is 1.85. The number of nitrogens with two attached hydrogens (primary N) is 1. The summed E-state index contributed by atoms with van der Waals surface area (Å²) in [6, 6.07) is 0. The van der Waals surface area contributed by atoms with E-state index in [0.717, 1.165) is 25.8 Å². The molecule has 5 nitrogen and oxygen atoms in total. The van der Waals surface area contributed by atoms with E-state index in [1.54, 1.807) is 11.9 Å². The number of likely N-dealkylation sites (tertiary alicyclic amines) is 1. The molecule has 0 saturated carbocycles. The molecule has 0 spiro atoms. The summed E-state index contributed by atoms with van der Waals surface area (Å²) in [5.74, 6) is 0.212. The third-order valence-corrected chi connectivity index (χ3v) is 3.59. The Bertz CT molecular complexity index is 347. The van der Waals surface area contributed by atoms with Gasteiger partial charge in [-0.1, -0.05) is 18.6 Å². The summed E-state index contributed by atoms with van der Waals surface area (Å²) in [7, 11) is 1.74. The Kier molecular flexibility index (Phi) is 6.77. The zero-order valence-electron chi connectivity index (χ0n) is 11.6. The lowest BCUT2D eigenvalue weighted by Gasteiger charge is -2.22. The molecule has 2 N–H and O–H groups in total. The van der Waals surface area contributed by atoms with Crippen LogP contribution in [0.25, 0.3) is 0 Å². The molecule has 2 amide bonds. The van der Waals surface area contributed by atoms with E-state index in [1.165, 1.54) is 0 Å². The van der Waals surface area contributed by atoms with Gasteiger partial charge in [-0.2, -0.15) is 0 Å². The number of thiocarbonyl (C=S) groups is 1. The number of nitrogens with zero attached hydrogens (tertiary/aromatic N) is 2. The van der Waals surface area contributed by atoms with Gasteiger partial charge in [-0.3, -0.25) is 9.59 Å². The number of amides is 2. The number of hydrogen-bond donors (Lipinski definition) is 1. The Morgan fingerprint density at radius 1 is 1.37 bits per heavy atom. The molecule has 0 bridgehead atoms. The van der Waals surface area contributed by atoms with Gasteiger partial charge in [-0.25, -0.2) is 0 Å². The van der Waals surface area contributed by atoms with Crippen LogP contribution in [-0.2, 0) is 9.59 Å². The van der Waals surface area contributed by atoms with Gasteiger partial charge in [0.25, 0.3) is 0 Å². The first kappa shape index (κ1) is 15.9. The van der Waals surface area contributed by atoms with Crippen LogP contribution >= 0.6 is 12.2 Å². The molecule has 19 heavy (non-hydrogen) atoms. The van der Waals surface area contributed by atoms with E-state index in [2.05, 4.69) is 0 Å². The van der Waals surface area contributed by atoms with Gasteiger partial charge in [-0.05, 0) is 12.8 Å². The van der Waals surface area contributed by atoms with E-state index in [0.29, 0.717) is 37.3 Å². The Hall–Kier alpha value is -1.17. The summed E-state index contributed by atoms with van der Waals surface area (Å²) in [6.07, 6.45) is 4.64. The Morgan fingerprint density at radius 2 is 2.11 bits per heavy atom. The topological polar surface area (TPSA) is 66.6 Å². The summed E-state index contributed by atoms with van der Waals surface area (Å²) in [5, 5.41) is 0. The summed E-state index contributed by atoms with van der Waals surface area (Å²) < 4.78 is 0. The highest BCUT2D eigenvalue weighted by Gasteiger charge is 2.18. The van der Waals surface area contributed by atoms with Crippen LogP contribution in [0.5, 0.6) is 0 Å². The standard InChI is InChI=1S/C13H23N3O2S/c1-15(9-6-11(14)19)12(17)7-10-16-8-4-2-3-5-13(16)18/h2-10H2,1H3,(H2,14,19). The molecule has 1 aliphatic rings. The lowest BCUT2D eigenvalue weighted by Crippen LogP contribution is -2.36. The first-order chi connectivity index (χ1) is 9.00. The van der Waals surface area contributed by atoms with Crippen LogP contribution in [0, 0.1) is 0 Å². The fourth-order valence-electron chi connectivity index (χ4n) is 2.10. The molecule has 0 aromatic rings. The second-order valence-electron chi connectivity index (χ2n) is 4.97. The largest absolute Gasteiger partial charge is 0.393 e. The molecule has 0 atom stereocenters. The smallest absolute Gasteiger partial charge is 0.224 e. The average Bonchev–Trinajstić information content (AvgIpc) is 2.57. The zero-order valence-corrected chi connectivity index (χ0v) is 12.4. The number of hydrogen-bond acceptors (Lipinski definition) is 3. The van der Waals surface area contributed by atoms with Gasteiger partial charge in [-0.15, -0.1) is 0 Å². The van der Waals surface area contributed by atoms with Crippen LogP contribution in [0.15, 0.2) is 0 Å². The molecular weight excluding hydrogens is 262 g/mol. The number of carbonyl (C=O) groups is 2. The van der Waals surface area contributed by atoms with Crippen LogP contribution < -0.4 is 5.73 Å². The van der Waals surface area contributed by atoms with Crippen molar-refractivity contribution in [1.29, 1.82) is 0 Å². The second-order valence-corrected chi connectivity index (χ2v) is 5.50. The van der Waals surface area contributed by atoms with Crippen molar-refractivity contribution in [2.24, 2.45) is 5.73 Å². The van der Waals surface area contributed by atoms with Crippen LogP contribution in [0.3, 0.4) is 0 Å². The highest BCUT2D eigenvalue weighted by atomic mass is 32.1. The molecule has 0 radical (unpaired) electrons. The van der Waals surface area contributed by atoms with Crippen molar-refractivity contribution >= 4 is 29.0 Å². The molecule has 1 heterocycles. The number of rotatable bonds is 6. The minimum atomic E-state index is 0.0355. The predicted octanol–water partition coefficient (Wildman–Crippen LogP) is 0.914. The van der Waals surface area contributed by atoms with E-state index in [9.17, 15) is 9.59 Å². The van der Waals surface area contributed by atoms with Crippen molar-refractivity contribution in [3.8, 4) is 0 Å². The van der Waals surface area contributed by atoms with E-state index < -0.39 is 0 Å². The maximum atomic E-state index is 11.9. The summed E-state index contributed by atoms with van der Waals surface area (Å²) >= 11 is 4.78. The molecule has 0 aromatic heterocycles. The summed E-state index contributed by atoms with van der Waals surface area (Å²) in [4.78, 5) is 27.5. The van der Waals surface area contributed by atoms with Gasteiger partial charge >= 0.3 is 0 Å². The minimum absolute atomic E-state index is 0.0355. The SMILES string of the molecule is CN(CCC(N)=S)C(=O)CCN1CCCCCC1=O. The molecule has 1 rings (SSSR count). The predicted molar refractivity (Wildman–Crippen MR) is 78.7 cm³/mol. The Morgan fingerprint density at radius 3 is 2.79 bits per heavy atom. The Labute approximate surface area is 120 Å². The average molecular weight is 285 g/mol. The van der Waals surface area contributed by atoms with E-state index in [4.69, 9.17) is 18.0 Å². The first-order valence-electron chi connectivity index (χ1n) is 6.80. The van der Waals surface area contributed by atoms with Crippen molar-refractivity contribution in [2.45, 2.75) is 38.5 Å². The van der Waals surface area contributed by atoms with Crippen molar-refractivity contribution < 1.29 is 9.59 Å². The van der Waals surface area contributed by atoms with Gasteiger partial charge in [0.1, 0.15) is 0 Å². The highest BCUT2D eigenvalue weighted by molar-refractivity contribution is 7.80. The zero-order chi connectivity index (χ0) is 14.3. The van der Waals surface area contributed by atoms with E-state index in [-0.39, 0.29) is 11.8 Å².